The molecule has 0 bridgehead atoms. The average Bonchev–Trinajstić information content (AvgIpc) is 3.11. The molecule has 0 saturated heterocycles. The topological polar surface area (TPSA) is 25.8 Å². The lowest BCUT2D eigenvalue weighted by molar-refractivity contribution is 1.10. The van der Waals surface area contributed by atoms with E-state index in [9.17, 15) is 0 Å². The van der Waals surface area contributed by atoms with Crippen molar-refractivity contribution >= 4 is 53.2 Å². The zero-order chi connectivity index (χ0) is 18.7. The molecule has 4 aromatic carbocycles. The van der Waals surface area contributed by atoms with Crippen molar-refractivity contribution in [2.24, 2.45) is 0 Å². The van der Waals surface area contributed by atoms with Gasteiger partial charge in [0.05, 0.1) is 5.69 Å². The molecule has 0 atom stereocenters. The van der Waals surface area contributed by atoms with Gasteiger partial charge in [-0.25, -0.2) is 9.97 Å². The molecule has 6 rings (SSSR count). The quantitative estimate of drug-likeness (QED) is 0.305. The summed E-state index contributed by atoms with van der Waals surface area (Å²) >= 11 is 1.75. The summed E-state index contributed by atoms with van der Waals surface area (Å²) < 4.78 is 1.26. The van der Waals surface area contributed by atoms with Gasteiger partial charge >= 0.3 is 0 Å². The molecule has 2 heterocycles. The highest BCUT2D eigenvalue weighted by molar-refractivity contribution is 7.25. The molecule has 3 heteroatoms. The van der Waals surface area contributed by atoms with Gasteiger partial charge in [0.2, 0.25) is 0 Å². The van der Waals surface area contributed by atoms with E-state index in [2.05, 4.69) is 78.9 Å². The number of benzene rings is 4. The van der Waals surface area contributed by atoms with Crippen LogP contribution in [0.2, 0.25) is 0 Å². The number of rotatable bonds is 1. The lowest BCUT2D eigenvalue weighted by Gasteiger charge is -2.08. The molecule has 0 fully saturated rings. The van der Waals surface area contributed by atoms with E-state index in [1.165, 1.54) is 31.6 Å². The van der Waals surface area contributed by atoms with Crippen molar-refractivity contribution < 1.29 is 0 Å². The minimum Gasteiger partial charge on any atom is -0.232 e. The Labute approximate surface area is 166 Å². The Bertz CT molecular complexity index is 1530. The largest absolute Gasteiger partial charge is 0.232 e. The maximum absolute atomic E-state index is 4.90. The van der Waals surface area contributed by atoms with Gasteiger partial charge in [-0.2, -0.15) is 0 Å². The van der Waals surface area contributed by atoms with Crippen LogP contribution in [0, 0.1) is 6.92 Å². The van der Waals surface area contributed by atoms with E-state index in [0.29, 0.717) is 0 Å². The second kappa shape index (κ2) is 5.85. The Balaban J connectivity index is 1.79. The highest BCUT2D eigenvalue weighted by Gasteiger charge is 2.16. The number of hydrogen-bond donors (Lipinski definition) is 0. The van der Waals surface area contributed by atoms with Crippen LogP contribution in [0.15, 0.2) is 78.9 Å². The van der Waals surface area contributed by atoms with Gasteiger partial charge in [-0.05, 0) is 40.6 Å². The summed E-state index contributed by atoms with van der Waals surface area (Å²) in [6.45, 7) is 1.98. The molecule has 0 amide bonds. The second-order valence-corrected chi connectivity index (χ2v) is 8.15. The normalized spacial score (nSPS) is 11.8. The van der Waals surface area contributed by atoms with Crippen LogP contribution in [-0.4, -0.2) is 9.97 Å². The number of thiophene rings is 1. The molecule has 6 aromatic rings. The minimum atomic E-state index is 0.812. The van der Waals surface area contributed by atoms with Crippen LogP contribution in [0.3, 0.4) is 0 Å². The average molecular weight is 376 g/mol. The Morgan fingerprint density at radius 1 is 0.679 bits per heavy atom. The number of aromatic nitrogens is 2. The van der Waals surface area contributed by atoms with Gasteiger partial charge in [0, 0.05) is 21.0 Å². The first-order valence-electron chi connectivity index (χ1n) is 9.36. The summed E-state index contributed by atoms with van der Waals surface area (Å²) in [6.07, 6.45) is 0. The van der Waals surface area contributed by atoms with Gasteiger partial charge < -0.3 is 0 Å². The predicted molar refractivity (Wildman–Crippen MR) is 120 cm³/mol. The first-order valence-corrected chi connectivity index (χ1v) is 10.2. The molecule has 28 heavy (non-hydrogen) atoms. The van der Waals surface area contributed by atoms with Crippen LogP contribution in [0.1, 0.15) is 5.82 Å². The van der Waals surface area contributed by atoms with Crippen molar-refractivity contribution in [3.05, 3.63) is 84.7 Å². The smallest absolute Gasteiger partial charge is 0.128 e. The van der Waals surface area contributed by atoms with Crippen LogP contribution in [-0.2, 0) is 0 Å². The second-order valence-electron chi connectivity index (χ2n) is 7.12. The Morgan fingerprint density at radius 2 is 1.43 bits per heavy atom. The van der Waals surface area contributed by atoms with Crippen LogP contribution >= 0.6 is 11.3 Å². The van der Waals surface area contributed by atoms with Gasteiger partial charge in [0.25, 0.3) is 0 Å². The fraction of sp³-hybridized carbons (Fsp3) is 0.0400. The molecule has 0 radical (unpaired) electrons. The van der Waals surface area contributed by atoms with Gasteiger partial charge in [-0.1, -0.05) is 66.7 Å². The molecule has 0 spiro atoms. The highest BCUT2D eigenvalue weighted by Crippen LogP contribution is 2.42. The number of nitrogens with zero attached hydrogens (tertiary/aromatic N) is 2. The predicted octanol–water partition coefficient (Wildman–Crippen LogP) is 7.13. The van der Waals surface area contributed by atoms with Gasteiger partial charge in [-0.3, -0.25) is 0 Å². The first kappa shape index (κ1) is 15.7. The minimum absolute atomic E-state index is 0.812. The third kappa shape index (κ3) is 2.26. The summed E-state index contributed by atoms with van der Waals surface area (Å²) in [5.74, 6) is 0.812. The summed E-state index contributed by atoms with van der Waals surface area (Å²) in [4.78, 5) is 10.7. The molecule has 2 aromatic heterocycles. The van der Waals surface area contributed by atoms with Gasteiger partial charge in [0.1, 0.15) is 10.7 Å². The van der Waals surface area contributed by atoms with E-state index in [0.717, 1.165) is 27.3 Å². The summed E-state index contributed by atoms with van der Waals surface area (Å²) in [5.41, 5.74) is 2.16. The van der Waals surface area contributed by atoms with Crippen LogP contribution in [0.25, 0.3) is 53.1 Å². The van der Waals surface area contributed by atoms with E-state index in [-0.39, 0.29) is 0 Å². The number of fused-ring (bicyclic) bond motifs is 6. The third-order valence-electron chi connectivity index (χ3n) is 5.36. The molecule has 0 aliphatic rings. The third-order valence-corrected chi connectivity index (χ3v) is 6.41. The Hall–Kier alpha value is -3.30. The molecule has 132 valence electrons. The standard InChI is InChI=1S/C25H16N2S/c1-15-26-24(19-11-10-16-6-2-3-8-18(16)14-19)23-22-20-9-5-4-7-17(20)12-13-21(22)28-25(23)27-15/h2-14H,1H3. The van der Waals surface area contributed by atoms with Crippen LogP contribution < -0.4 is 0 Å². The van der Waals surface area contributed by atoms with E-state index in [1.54, 1.807) is 11.3 Å². The van der Waals surface area contributed by atoms with Crippen molar-refractivity contribution in [3.8, 4) is 11.3 Å². The van der Waals surface area contributed by atoms with E-state index >= 15 is 0 Å². The molecule has 0 aliphatic heterocycles. The maximum Gasteiger partial charge on any atom is 0.128 e. The SMILES string of the molecule is Cc1nc(-c2ccc3ccccc3c2)c2c(n1)sc1ccc3ccccc3c12. The Morgan fingerprint density at radius 3 is 2.32 bits per heavy atom. The lowest BCUT2D eigenvalue weighted by Crippen LogP contribution is -1.92. The van der Waals surface area contributed by atoms with Crippen molar-refractivity contribution in [3.63, 3.8) is 0 Å². The zero-order valence-corrected chi connectivity index (χ0v) is 16.1. The van der Waals surface area contributed by atoms with Crippen molar-refractivity contribution in [2.75, 3.05) is 0 Å². The van der Waals surface area contributed by atoms with E-state index in [1.807, 2.05) is 6.92 Å². The molecular formula is C25H16N2S. The maximum atomic E-state index is 4.90. The van der Waals surface area contributed by atoms with E-state index < -0.39 is 0 Å². The summed E-state index contributed by atoms with van der Waals surface area (Å²) in [6, 6.07) is 28.0. The highest BCUT2D eigenvalue weighted by atomic mass is 32.1. The molecule has 0 unspecified atom stereocenters. The zero-order valence-electron chi connectivity index (χ0n) is 15.3. The van der Waals surface area contributed by atoms with Crippen molar-refractivity contribution in [2.45, 2.75) is 6.92 Å². The fourth-order valence-corrected chi connectivity index (χ4v) is 5.23. The van der Waals surface area contributed by atoms with Crippen molar-refractivity contribution in [1.82, 2.24) is 9.97 Å². The first-order chi connectivity index (χ1) is 13.8. The molecule has 2 nitrogen and oxygen atoms in total. The van der Waals surface area contributed by atoms with Crippen molar-refractivity contribution in [1.29, 1.82) is 0 Å². The number of hydrogen-bond acceptors (Lipinski definition) is 3. The fourth-order valence-electron chi connectivity index (χ4n) is 4.09. The van der Waals surface area contributed by atoms with Crippen LogP contribution in [0.5, 0.6) is 0 Å². The molecular weight excluding hydrogens is 360 g/mol. The Kier molecular flexibility index (Phi) is 3.28. The summed E-state index contributed by atoms with van der Waals surface area (Å²) in [5, 5.41) is 7.42. The molecule has 0 aliphatic carbocycles. The molecule has 0 saturated carbocycles. The van der Waals surface area contributed by atoms with Gasteiger partial charge in [0.15, 0.2) is 0 Å². The molecule has 0 N–H and O–H groups in total. The summed E-state index contributed by atoms with van der Waals surface area (Å²) in [7, 11) is 0. The number of aryl methyl sites for hydroxylation is 1. The van der Waals surface area contributed by atoms with Gasteiger partial charge in [-0.15, -0.1) is 11.3 Å². The van der Waals surface area contributed by atoms with Crippen LogP contribution in [0.4, 0.5) is 0 Å². The van der Waals surface area contributed by atoms with E-state index in [4.69, 9.17) is 9.97 Å². The lowest BCUT2D eigenvalue weighted by atomic mass is 9.99. The monoisotopic (exact) mass is 376 g/mol.